The minimum Gasteiger partial charge on any atom is -0.366 e. The summed E-state index contributed by atoms with van der Waals surface area (Å²) in [5.41, 5.74) is 6.97. The fourth-order valence-corrected chi connectivity index (χ4v) is 3.31. The van der Waals surface area contributed by atoms with Gasteiger partial charge in [-0.05, 0) is 49.4 Å². The summed E-state index contributed by atoms with van der Waals surface area (Å²) in [7, 11) is 0. The van der Waals surface area contributed by atoms with E-state index in [0.717, 1.165) is 5.69 Å². The summed E-state index contributed by atoms with van der Waals surface area (Å²) in [6.45, 7) is 1.77. The molecule has 0 fully saturated rings. The third kappa shape index (κ3) is 4.66. The lowest BCUT2D eigenvalue weighted by molar-refractivity contribution is -0.115. The molecule has 3 aromatic rings. The highest BCUT2D eigenvalue weighted by Gasteiger charge is 2.19. The number of carbonyl (C=O) groups is 2. The first-order valence-electron chi connectivity index (χ1n) is 7.97. The molecule has 9 heteroatoms. The average Bonchev–Trinajstić information content (AvgIpc) is 3.10. The Morgan fingerprint density at radius 1 is 1.22 bits per heavy atom. The van der Waals surface area contributed by atoms with E-state index in [1.807, 2.05) is 12.1 Å². The topological polar surface area (TPSA) is 103 Å². The number of anilines is 1. The van der Waals surface area contributed by atoms with Gasteiger partial charge in [0.2, 0.25) is 11.8 Å². The highest BCUT2D eigenvalue weighted by Crippen LogP contribution is 2.25. The molecule has 0 radical (unpaired) electrons. The number of halogens is 1. The molecule has 2 amide bonds. The molecule has 1 atom stereocenters. The van der Waals surface area contributed by atoms with E-state index < -0.39 is 11.2 Å². The number of amides is 2. The van der Waals surface area contributed by atoms with Crippen molar-refractivity contribution in [1.82, 2.24) is 14.8 Å². The summed E-state index contributed by atoms with van der Waals surface area (Å²) < 4.78 is 1.77. The molecule has 0 spiro atoms. The van der Waals surface area contributed by atoms with Gasteiger partial charge in [-0.2, -0.15) is 0 Å². The molecule has 3 rings (SSSR count). The van der Waals surface area contributed by atoms with Crippen LogP contribution in [0.2, 0.25) is 5.02 Å². The molecule has 3 N–H and O–H groups in total. The SMILES string of the molecule is C[C@@H](Sc1nncn1-c1cccc(Cl)c1)C(=O)Nc1ccc(C(N)=O)cc1. The molecule has 0 saturated heterocycles. The van der Waals surface area contributed by atoms with Crippen LogP contribution >= 0.6 is 23.4 Å². The number of rotatable bonds is 6. The Morgan fingerprint density at radius 3 is 2.63 bits per heavy atom. The number of carbonyl (C=O) groups excluding carboxylic acids is 2. The number of nitrogens with zero attached hydrogens (tertiary/aromatic N) is 3. The number of benzene rings is 2. The summed E-state index contributed by atoms with van der Waals surface area (Å²) in [4.78, 5) is 23.6. The molecule has 0 aliphatic rings. The van der Waals surface area contributed by atoms with Gasteiger partial charge in [-0.3, -0.25) is 14.2 Å². The van der Waals surface area contributed by atoms with Crippen molar-refractivity contribution in [2.45, 2.75) is 17.3 Å². The molecule has 0 bridgehead atoms. The molecule has 27 heavy (non-hydrogen) atoms. The third-order valence-electron chi connectivity index (χ3n) is 3.69. The lowest BCUT2D eigenvalue weighted by Gasteiger charge is -2.13. The molecule has 0 aliphatic heterocycles. The van der Waals surface area contributed by atoms with Gasteiger partial charge in [0.1, 0.15) is 6.33 Å². The van der Waals surface area contributed by atoms with E-state index in [1.165, 1.54) is 11.8 Å². The maximum atomic E-state index is 12.5. The number of primary amides is 1. The highest BCUT2D eigenvalue weighted by atomic mass is 35.5. The van der Waals surface area contributed by atoms with Crippen molar-refractivity contribution < 1.29 is 9.59 Å². The Kier molecular flexibility index (Phi) is 5.78. The Morgan fingerprint density at radius 2 is 1.96 bits per heavy atom. The number of hydrogen-bond donors (Lipinski definition) is 2. The van der Waals surface area contributed by atoms with Crippen LogP contribution in [0.5, 0.6) is 0 Å². The van der Waals surface area contributed by atoms with Crippen LogP contribution in [-0.2, 0) is 4.79 Å². The lowest BCUT2D eigenvalue weighted by atomic mass is 10.2. The zero-order valence-electron chi connectivity index (χ0n) is 14.3. The number of nitrogens with one attached hydrogen (secondary N) is 1. The molecular formula is C18H16ClN5O2S. The van der Waals surface area contributed by atoms with Crippen LogP contribution in [0.1, 0.15) is 17.3 Å². The van der Waals surface area contributed by atoms with E-state index in [1.54, 1.807) is 54.2 Å². The van der Waals surface area contributed by atoms with E-state index in [4.69, 9.17) is 17.3 Å². The van der Waals surface area contributed by atoms with Crippen molar-refractivity contribution in [1.29, 1.82) is 0 Å². The van der Waals surface area contributed by atoms with Crippen LogP contribution in [0.3, 0.4) is 0 Å². The predicted octanol–water partition coefficient (Wildman–Crippen LogP) is 3.14. The van der Waals surface area contributed by atoms with E-state index >= 15 is 0 Å². The van der Waals surface area contributed by atoms with Gasteiger partial charge in [-0.1, -0.05) is 29.4 Å². The maximum absolute atomic E-state index is 12.5. The van der Waals surface area contributed by atoms with Crippen molar-refractivity contribution in [2.75, 3.05) is 5.32 Å². The van der Waals surface area contributed by atoms with E-state index in [9.17, 15) is 9.59 Å². The number of aromatic nitrogens is 3. The van der Waals surface area contributed by atoms with Crippen LogP contribution in [0.25, 0.3) is 5.69 Å². The summed E-state index contributed by atoms with van der Waals surface area (Å²) >= 11 is 7.31. The van der Waals surface area contributed by atoms with Gasteiger partial charge < -0.3 is 11.1 Å². The molecule has 138 valence electrons. The standard InChI is InChI=1S/C18H16ClN5O2S/c1-11(17(26)22-14-7-5-12(6-8-14)16(20)25)27-18-23-21-10-24(18)15-4-2-3-13(19)9-15/h2-11H,1H3,(H2,20,25)(H,22,26)/t11-/m1/s1. The fourth-order valence-electron chi connectivity index (χ4n) is 2.28. The first-order valence-corrected chi connectivity index (χ1v) is 9.23. The third-order valence-corrected chi connectivity index (χ3v) is 4.98. The van der Waals surface area contributed by atoms with E-state index in [-0.39, 0.29) is 5.91 Å². The Labute approximate surface area is 164 Å². The van der Waals surface area contributed by atoms with Crippen LogP contribution in [0, 0.1) is 0 Å². The van der Waals surface area contributed by atoms with Crippen molar-refractivity contribution in [3.63, 3.8) is 0 Å². The minimum absolute atomic E-state index is 0.201. The monoisotopic (exact) mass is 401 g/mol. The van der Waals surface area contributed by atoms with Crippen molar-refractivity contribution in [3.8, 4) is 5.69 Å². The molecule has 0 unspecified atom stereocenters. The largest absolute Gasteiger partial charge is 0.366 e. The molecule has 2 aromatic carbocycles. The Balaban J connectivity index is 1.69. The van der Waals surface area contributed by atoms with Gasteiger partial charge in [0.15, 0.2) is 5.16 Å². The highest BCUT2D eigenvalue weighted by molar-refractivity contribution is 8.00. The average molecular weight is 402 g/mol. The van der Waals surface area contributed by atoms with Crippen molar-refractivity contribution >= 4 is 40.9 Å². The maximum Gasteiger partial charge on any atom is 0.248 e. The van der Waals surface area contributed by atoms with Crippen molar-refractivity contribution in [3.05, 3.63) is 65.4 Å². The van der Waals surface area contributed by atoms with Gasteiger partial charge in [0, 0.05) is 16.3 Å². The number of hydrogen-bond acceptors (Lipinski definition) is 5. The first kappa shape index (κ1) is 18.9. The predicted molar refractivity (Wildman–Crippen MR) is 105 cm³/mol. The van der Waals surface area contributed by atoms with Crippen LogP contribution in [0.4, 0.5) is 5.69 Å². The Bertz CT molecular complexity index is 974. The molecule has 1 heterocycles. The second-order valence-electron chi connectivity index (χ2n) is 5.65. The molecule has 0 saturated carbocycles. The first-order chi connectivity index (χ1) is 12.9. The van der Waals surface area contributed by atoms with E-state index in [2.05, 4.69) is 15.5 Å². The fraction of sp³-hybridized carbons (Fsp3) is 0.111. The van der Waals surface area contributed by atoms with Gasteiger partial charge in [0.25, 0.3) is 0 Å². The summed E-state index contributed by atoms with van der Waals surface area (Å²) in [5, 5.41) is 11.6. The zero-order chi connectivity index (χ0) is 19.4. The smallest absolute Gasteiger partial charge is 0.248 e. The minimum atomic E-state index is -0.517. The summed E-state index contributed by atoms with van der Waals surface area (Å²) in [6, 6.07) is 13.7. The quantitative estimate of drug-likeness (QED) is 0.617. The second-order valence-corrected chi connectivity index (χ2v) is 7.40. The molecule has 7 nitrogen and oxygen atoms in total. The van der Waals surface area contributed by atoms with Crippen LogP contribution in [0.15, 0.2) is 60.0 Å². The number of nitrogens with two attached hydrogens (primary N) is 1. The summed E-state index contributed by atoms with van der Waals surface area (Å²) in [5.74, 6) is -0.718. The zero-order valence-corrected chi connectivity index (χ0v) is 15.9. The van der Waals surface area contributed by atoms with Gasteiger partial charge >= 0.3 is 0 Å². The number of thioether (sulfide) groups is 1. The van der Waals surface area contributed by atoms with Gasteiger partial charge in [0.05, 0.1) is 10.9 Å². The molecule has 0 aliphatic carbocycles. The Hall–Kier alpha value is -2.84. The second kappa shape index (κ2) is 8.24. The van der Waals surface area contributed by atoms with Crippen LogP contribution in [-0.4, -0.2) is 31.8 Å². The van der Waals surface area contributed by atoms with Gasteiger partial charge in [-0.25, -0.2) is 0 Å². The van der Waals surface area contributed by atoms with Gasteiger partial charge in [-0.15, -0.1) is 10.2 Å². The van der Waals surface area contributed by atoms with E-state index in [0.29, 0.717) is 21.4 Å². The van der Waals surface area contributed by atoms with Crippen molar-refractivity contribution in [2.24, 2.45) is 5.73 Å². The molecular weight excluding hydrogens is 386 g/mol. The summed E-state index contributed by atoms with van der Waals surface area (Å²) in [6.07, 6.45) is 1.57. The van der Waals surface area contributed by atoms with Crippen LogP contribution < -0.4 is 11.1 Å². The normalized spacial score (nSPS) is 11.8. The lowest BCUT2D eigenvalue weighted by Crippen LogP contribution is -2.23. The molecule has 1 aromatic heterocycles.